The quantitative estimate of drug-likeness (QED) is 0.314. The number of nitrogens with zero attached hydrogens (tertiary/aromatic N) is 4. The van der Waals surface area contributed by atoms with Crippen LogP contribution in [0.4, 0.5) is 10.8 Å². The lowest BCUT2D eigenvalue weighted by Crippen LogP contribution is -2.35. The van der Waals surface area contributed by atoms with E-state index in [-0.39, 0.29) is 11.6 Å². The lowest BCUT2D eigenvalue weighted by atomic mass is 10.2. The van der Waals surface area contributed by atoms with Crippen LogP contribution in [0.5, 0.6) is 0 Å². The number of likely N-dealkylation sites (N-methyl/N-ethyl adjacent to an activating group) is 1. The van der Waals surface area contributed by atoms with Crippen LogP contribution in [-0.2, 0) is 4.79 Å². The Morgan fingerprint density at radius 3 is 2.55 bits per heavy atom. The van der Waals surface area contributed by atoms with Crippen molar-refractivity contribution in [3.05, 3.63) is 69.2 Å². The highest BCUT2D eigenvalue weighted by molar-refractivity contribution is 7.22. The maximum Gasteiger partial charge on any atom is 0.269 e. The number of halogens is 1. The number of anilines is 1. The lowest BCUT2D eigenvalue weighted by Gasteiger charge is -2.20. The van der Waals surface area contributed by atoms with Gasteiger partial charge in [-0.15, -0.1) is 0 Å². The monoisotopic (exact) mass is 430 g/mol. The van der Waals surface area contributed by atoms with Gasteiger partial charge in [0.05, 0.1) is 14.6 Å². The van der Waals surface area contributed by atoms with Gasteiger partial charge in [-0.3, -0.25) is 19.8 Å². The standard InChI is InChI=1S/C20H19ClN4O3S/c1-23(2)12-13-24(20-22-19-16(21)4-3-5-17(19)29-20)18(26)11-8-14-6-9-15(10-7-14)25(27)28/h3-11H,12-13H2,1-2H3/b11-8-. The van der Waals surface area contributed by atoms with E-state index >= 15 is 0 Å². The molecule has 0 spiro atoms. The molecule has 29 heavy (non-hydrogen) atoms. The van der Waals surface area contributed by atoms with Gasteiger partial charge in [-0.25, -0.2) is 4.98 Å². The summed E-state index contributed by atoms with van der Waals surface area (Å²) in [7, 11) is 3.87. The average Bonchev–Trinajstić information content (AvgIpc) is 3.12. The molecule has 0 aliphatic rings. The Hall–Kier alpha value is -2.81. The number of rotatable bonds is 7. The van der Waals surface area contributed by atoms with Crippen LogP contribution in [0.3, 0.4) is 0 Å². The van der Waals surface area contributed by atoms with Crippen LogP contribution in [0.25, 0.3) is 16.3 Å². The fourth-order valence-corrected chi connectivity index (χ4v) is 3.88. The van der Waals surface area contributed by atoms with Gasteiger partial charge in [0.15, 0.2) is 5.13 Å². The van der Waals surface area contributed by atoms with Crippen LogP contribution < -0.4 is 4.90 Å². The van der Waals surface area contributed by atoms with Gasteiger partial charge in [-0.05, 0) is 50.0 Å². The Labute approximate surface area is 177 Å². The molecule has 0 atom stereocenters. The van der Waals surface area contributed by atoms with Gasteiger partial charge in [0.2, 0.25) is 0 Å². The number of para-hydroxylation sites is 1. The topological polar surface area (TPSA) is 79.6 Å². The first-order chi connectivity index (χ1) is 13.8. The van der Waals surface area contributed by atoms with Crippen molar-refractivity contribution in [3.63, 3.8) is 0 Å². The number of fused-ring (bicyclic) bond motifs is 1. The van der Waals surface area contributed by atoms with Gasteiger partial charge in [0.1, 0.15) is 5.52 Å². The summed E-state index contributed by atoms with van der Waals surface area (Å²) in [5.74, 6) is -0.222. The van der Waals surface area contributed by atoms with Crippen molar-refractivity contribution in [2.75, 3.05) is 32.1 Å². The lowest BCUT2D eigenvalue weighted by molar-refractivity contribution is -0.384. The van der Waals surface area contributed by atoms with E-state index in [4.69, 9.17) is 11.6 Å². The number of hydrogen-bond acceptors (Lipinski definition) is 6. The van der Waals surface area contributed by atoms with Gasteiger partial charge in [0, 0.05) is 31.3 Å². The fourth-order valence-electron chi connectivity index (χ4n) is 2.58. The molecule has 3 aromatic rings. The number of aromatic nitrogens is 1. The zero-order chi connectivity index (χ0) is 21.0. The van der Waals surface area contributed by atoms with Crippen LogP contribution in [0, 0.1) is 10.1 Å². The second kappa shape index (κ2) is 9.13. The minimum absolute atomic E-state index is 0.00689. The van der Waals surface area contributed by atoms with E-state index in [0.717, 1.165) is 4.70 Å². The molecule has 3 rings (SSSR count). The van der Waals surface area contributed by atoms with E-state index in [9.17, 15) is 14.9 Å². The van der Waals surface area contributed by atoms with Crippen LogP contribution >= 0.6 is 22.9 Å². The highest BCUT2D eigenvalue weighted by atomic mass is 35.5. The summed E-state index contributed by atoms with van der Waals surface area (Å²) in [6.45, 7) is 1.13. The highest BCUT2D eigenvalue weighted by Crippen LogP contribution is 2.33. The number of hydrogen-bond donors (Lipinski definition) is 0. The molecule has 0 N–H and O–H groups in total. The maximum absolute atomic E-state index is 12.9. The molecule has 0 radical (unpaired) electrons. The van der Waals surface area contributed by atoms with E-state index < -0.39 is 4.92 Å². The summed E-state index contributed by atoms with van der Waals surface area (Å²) in [5, 5.41) is 11.9. The number of nitro benzene ring substituents is 1. The smallest absolute Gasteiger partial charge is 0.269 e. The molecule has 0 fully saturated rings. The SMILES string of the molecule is CN(C)CCN(C(=O)/C=C\c1ccc([N+](=O)[O-])cc1)c1nc2c(Cl)cccc2s1. The molecule has 0 unspecified atom stereocenters. The van der Waals surface area contributed by atoms with Crippen molar-refractivity contribution in [3.8, 4) is 0 Å². The molecule has 7 nitrogen and oxygen atoms in total. The number of carbonyl (C=O) groups excluding carboxylic acids is 1. The van der Waals surface area contributed by atoms with Crippen molar-refractivity contribution in [2.24, 2.45) is 0 Å². The van der Waals surface area contributed by atoms with Crippen molar-refractivity contribution < 1.29 is 9.72 Å². The first-order valence-electron chi connectivity index (χ1n) is 8.79. The van der Waals surface area contributed by atoms with E-state index in [0.29, 0.717) is 34.3 Å². The predicted octanol–water partition coefficient (Wildman–Crippen LogP) is 4.47. The molecule has 1 heterocycles. The van der Waals surface area contributed by atoms with Gasteiger partial charge in [0.25, 0.3) is 11.6 Å². The predicted molar refractivity (Wildman–Crippen MR) is 118 cm³/mol. The summed E-state index contributed by atoms with van der Waals surface area (Å²) in [4.78, 5) is 31.4. The van der Waals surface area contributed by atoms with E-state index in [1.165, 1.54) is 29.5 Å². The van der Waals surface area contributed by atoms with Gasteiger partial charge < -0.3 is 4.90 Å². The summed E-state index contributed by atoms with van der Waals surface area (Å²) in [5.41, 5.74) is 1.38. The molecule has 0 aliphatic heterocycles. The largest absolute Gasteiger partial charge is 0.308 e. The zero-order valence-electron chi connectivity index (χ0n) is 15.9. The van der Waals surface area contributed by atoms with Crippen LogP contribution in [-0.4, -0.2) is 47.9 Å². The minimum Gasteiger partial charge on any atom is -0.308 e. The second-order valence-electron chi connectivity index (χ2n) is 6.56. The molecule has 150 valence electrons. The average molecular weight is 431 g/mol. The number of amides is 1. The molecule has 9 heteroatoms. The molecule has 1 aromatic heterocycles. The number of non-ortho nitro benzene ring substituents is 1. The highest BCUT2D eigenvalue weighted by Gasteiger charge is 2.19. The second-order valence-corrected chi connectivity index (χ2v) is 7.97. The summed E-state index contributed by atoms with van der Waals surface area (Å²) < 4.78 is 0.912. The molecular formula is C20H19ClN4O3S. The number of nitro groups is 1. The molecule has 0 bridgehead atoms. The van der Waals surface area contributed by atoms with Crippen LogP contribution in [0.1, 0.15) is 5.56 Å². The molecule has 0 aliphatic carbocycles. The normalized spacial score (nSPS) is 11.4. The van der Waals surface area contributed by atoms with Gasteiger partial charge in [-0.2, -0.15) is 0 Å². The molecule has 2 aromatic carbocycles. The maximum atomic E-state index is 12.9. The molecule has 0 saturated carbocycles. The van der Waals surface area contributed by atoms with Crippen molar-refractivity contribution in [2.45, 2.75) is 0 Å². The third kappa shape index (κ3) is 5.17. The molecule has 0 saturated heterocycles. The van der Waals surface area contributed by atoms with E-state index in [2.05, 4.69) is 4.98 Å². The Balaban J connectivity index is 1.85. The van der Waals surface area contributed by atoms with E-state index in [1.807, 2.05) is 31.1 Å². The number of thiazole rings is 1. The Bertz CT molecular complexity index is 1060. The first kappa shape index (κ1) is 20.9. The van der Waals surface area contributed by atoms with Crippen molar-refractivity contribution in [1.29, 1.82) is 0 Å². The third-order valence-electron chi connectivity index (χ3n) is 4.15. The minimum atomic E-state index is -0.458. The number of carbonyl (C=O) groups is 1. The van der Waals surface area contributed by atoms with Gasteiger partial charge in [-0.1, -0.05) is 29.0 Å². The summed E-state index contributed by atoms with van der Waals surface area (Å²) >= 11 is 7.64. The Kier molecular flexibility index (Phi) is 6.58. The van der Waals surface area contributed by atoms with Crippen molar-refractivity contribution >= 4 is 56.0 Å². The van der Waals surface area contributed by atoms with Gasteiger partial charge >= 0.3 is 0 Å². The third-order valence-corrected chi connectivity index (χ3v) is 5.50. The fraction of sp³-hybridized carbons (Fsp3) is 0.200. The first-order valence-corrected chi connectivity index (χ1v) is 9.98. The Morgan fingerprint density at radius 1 is 1.21 bits per heavy atom. The molecular weight excluding hydrogens is 412 g/mol. The van der Waals surface area contributed by atoms with Crippen LogP contribution in [0.15, 0.2) is 48.5 Å². The summed E-state index contributed by atoms with van der Waals surface area (Å²) in [6, 6.07) is 11.6. The zero-order valence-corrected chi connectivity index (χ0v) is 17.5. The number of benzene rings is 2. The van der Waals surface area contributed by atoms with Crippen LogP contribution in [0.2, 0.25) is 5.02 Å². The molecule has 1 amide bonds. The van der Waals surface area contributed by atoms with Crippen molar-refractivity contribution in [1.82, 2.24) is 9.88 Å². The van der Waals surface area contributed by atoms with E-state index in [1.54, 1.807) is 29.2 Å². The summed E-state index contributed by atoms with van der Waals surface area (Å²) in [6.07, 6.45) is 3.08. The Morgan fingerprint density at radius 2 is 1.93 bits per heavy atom.